The monoisotopic (exact) mass is 114 g/mol. The Morgan fingerprint density at radius 1 is 1.50 bits per heavy atom. The molecular formula is C5H11BO2. The quantitative estimate of drug-likeness (QED) is 0.494. The molecule has 0 amide bonds. The Hall–Kier alpha value is -0.0151. The highest BCUT2D eigenvalue weighted by atomic mass is 16.3. The van der Waals surface area contributed by atoms with Gasteiger partial charge in [0, 0.05) is 0 Å². The van der Waals surface area contributed by atoms with E-state index in [1.807, 2.05) is 0 Å². The van der Waals surface area contributed by atoms with Crippen LogP contribution >= 0.6 is 0 Å². The molecule has 2 nitrogen and oxygen atoms in total. The predicted molar refractivity (Wildman–Crippen MR) is 32.9 cm³/mol. The first-order valence-electron chi connectivity index (χ1n) is 2.74. The van der Waals surface area contributed by atoms with Gasteiger partial charge in [0.05, 0.1) is 20.1 Å². The maximum atomic E-state index is 8.80. The Morgan fingerprint density at radius 2 is 2.00 bits per heavy atom. The van der Waals surface area contributed by atoms with Gasteiger partial charge in [-0.1, -0.05) is 6.32 Å². The summed E-state index contributed by atoms with van der Waals surface area (Å²) >= 11 is 0. The molecule has 2 unspecified atom stereocenters. The van der Waals surface area contributed by atoms with Crippen molar-refractivity contribution in [1.82, 2.24) is 0 Å². The lowest BCUT2D eigenvalue weighted by Crippen LogP contribution is -2.21. The molecule has 0 aromatic carbocycles. The van der Waals surface area contributed by atoms with Gasteiger partial charge in [-0.05, 0) is 13.3 Å². The van der Waals surface area contributed by atoms with Crippen LogP contribution in [0, 0.1) is 0 Å². The summed E-state index contributed by atoms with van der Waals surface area (Å²) in [7, 11) is 5.10. The first kappa shape index (κ1) is 7.98. The maximum Gasteiger partial charge on any atom is 0.0789 e. The third kappa shape index (κ3) is 3.05. The minimum absolute atomic E-state index is 0.423. The molecule has 0 aliphatic rings. The molecule has 3 heteroatoms. The molecular weight excluding hydrogens is 103 g/mol. The van der Waals surface area contributed by atoms with Crippen molar-refractivity contribution in [2.75, 3.05) is 0 Å². The molecule has 2 radical (unpaired) electrons. The van der Waals surface area contributed by atoms with Gasteiger partial charge in [0.15, 0.2) is 0 Å². The van der Waals surface area contributed by atoms with Crippen LogP contribution in [0.4, 0.5) is 0 Å². The Labute approximate surface area is 50.9 Å². The average Bonchev–Trinajstić information content (AvgIpc) is 1.67. The van der Waals surface area contributed by atoms with Crippen LogP contribution in [0.1, 0.15) is 13.3 Å². The van der Waals surface area contributed by atoms with Crippen LogP contribution in [0.25, 0.3) is 0 Å². The molecule has 0 saturated carbocycles. The lowest BCUT2D eigenvalue weighted by molar-refractivity contribution is 0.0295. The zero-order chi connectivity index (χ0) is 6.57. The molecule has 0 bridgehead atoms. The highest BCUT2D eigenvalue weighted by molar-refractivity contribution is 6.08. The zero-order valence-corrected chi connectivity index (χ0v) is 5.04. The molecule has 0 aliphatic heterocycles. The minimum atomic E-state index is -0.654. The second-order valence-electron chi connectivity index (χ2n) is 1.89. The number of aliphatic hydroxyl groups is 2. The first-order valence-corrected chi connectivity index (χ1v) is 2.74. The number of rotatable bonds is 3. The minimum Gasteiger partial charge on any atom is -0.391 e. The molecule has 0 heterocycles. The van der Waals surface area contributed by atoms with Gasteiger partial charge in [0.25, 0.3) is 0 Å². The topological polar surface area (TPSA) is 40.5 Å². The third-order valence-electron chi connectivity index (χ3n) is 1.02. The van der Waals surface area contributed by atoms with E-state index < -0.39 is 12.2 Å². The van der Waals surface area contributed by atoms with Gasteiger partial charge in [0.2, 0.25) is 0 Å². The molecule has 2 atom stereocenters. The zero-order valence-electron chi connectivity index (χ0n) is 5.04. The fourth-order valence-electron chi connectivity index (χ4n) is 0.412. The van der Waals surface area contributed by atoms with E-state index in [1.54, 1.807) is 6.92 Å². The lowest BCUT2D eigenvalue weighted by atomic mass is 9.97. The van der Waals surface area contributed by atoms with Crippen LogP contribution < -0.4 is 0 Å². The van der Waals surface area contributed by atoms with E-state index in [9.17, 15) is 0 Å². The molecule has 46 valence electrons. The van der Waals surface area contributed by atoms with E-state index in [1.165, 1.54) is 0 Å². The summed E-state index contributed by atoms with van der Waals surface area (Å²) in [4.78, 5) is 0. The van der Waals surface area contributed by atoms with Crippen molar-refractivity contribution in [3.63, 3.8) is 0 Å². The predicted octanol–water partition coefficient (Wildman–Crippen LogP) is -0.295. The molecule has 0 spiro atoms. The van der Waals surface area contributed by atoms with Crippen molar-refractivity contribution in [3.8, 4) is 0 Å². The van der Waals surface area contributed by atoms with E-state index in [2.05, 4.69) is 0 Å². The maximum absolute atomic E-state index is 8.80. The van der Waals surface area contributed by atoms with Crippen molar-refractivity contribution in [1.29, 1.82) is 0 Å². The number of hydrogen-bond acceptors (Lipinski definition) is 2. The van der Waals surface area contributed by atoms with Gasteiger partial charge in [-0.25, -0.2) is 0 Å². The van der Waals surface area contributed by atoms with Crippen molar-refractivity contribution in [2.45, 2.75) is 31.9 Å². The standard InChI is InChI=1S/C5H11BO2/c1-4(7)5(8)2-3-6/h4-5,7-8H,2-3H2,1H3. The smallest absolute Gasteiger partial charge is 0.0789 e. The van der Waals surface area contributed by atoms with E-state index in [4.69, 9.17) is 18.1 Å². The van der Waals surface area contributed by atoms with Gasteiger partial charge in [0.1, 0.15) is 0 Å². The van der Waals surface area contributed by atoms with Gasteiger partial charge in [-0.15, -0.1) is 0 Å². The van der Waals surface area contributed by atoms with Crippen LogP contribution in [0.3, 0.4) is 0 Å². The van der Waals surface area contributed by atoms with Crippen molar-refractivity contribution in [3.05, 3.63) is 0 Å². The van der Waals surface area contributed by atoms with Crippen LogP contribution in [-0.4, -0.2) is 30.3 Å². The fraction of sp³-hybridized carbons (Fsp3) is 1.00. The molecule has 0 saturated heterocycles. The molecule has 0 aromatic heterocycles. The van der Waals surface area contributed by atoms with Crippen LogP contribution in [0.15, 0.2) is 0 Å². The summed E-state index contributed by atoms with van der Waals surface area (Å²) in [6, 6.07) is 0. The Balaban J connectivity index is 3.17. The fourth-order valence-corrected chi connectivity index (χ4v) is 0.412. The normalized spacial score (nSPS) is 17.9. The van der Waals surface area contributed by atoms with E-state index in [0.29, 0.717) is 12.7 Å². The number of aliphatic hydroxyl groups excluding tert-OH is 2. The Morgan fingerprint density at radius 3 is 2.12 bits per heavy atom. The van der Waals surface area contributed by atoms with E-state index >= 15 is 0 Å². The van der Waals surface area contributed by atoms with Crippen molar-refractivity contribution < 1.29 is 10.2 Å². The highest BCUT2D eigenvalue weighted by Crippen LogP contribution is 1.99. The van der Waals surface area contributed by atoms with Crippen LogP contribution in [-0.2, 0) is 0 Å². The average molecular weight is 114 g/mol. The Kier molecular flexibility index (Phi) is 3.92. The van der Waals surface area contributed by atoms with Crippen molar-refractivity contribution in [2.24, 2.45) is 0 Å². The van der Waals surface area contributed by atoms with Crippen LogP contribution in [0.5, 0.6) is 0 Å². The molecule has 0 rings (SSSR count). The second-order valence-corrected chi connectivity index (χ2v) is 1.89. The molecule has 0 aliphatic carbocycles. The largest absolute Gasteiger partial charge is 0.391 e. The van der Waals surface area contributed by atoms with Gasteiger partial charge in [-0.2, -0.15) is 0 Å². The first-order chi connectivity index (χ1) is 3.68. The van der Waals surface area contributed by atoms with Gasteiger partial charge >= 0.3 is 0 Å². The molecule has 0 fully saturated rings. The highest BCUT2D eigenvalue weighted by Gasteiger charge is 2.07. The van der Waals surface area contributed by atoms with Crippen LogP contribution in [0.2, 0.25) is 6.32 Å². The summed E-state index contributed by atoms with van der Waals surface area (Å²) in [6.07, 6.45) is -0.414. The van der Waals surface area contributed by atoms with E-state index in [-0.39, 0.29) is 0 Å². The second kappa shape index (κ2) is 3.92. The molecule has 8 heavy (non-hydrogen) atoms. The van der Waals surface area contributed by atoms with Crippen molar-refractivity contribution >= 4 is 7.85 Å². The number of hydrogen-bond donors (Lipinski definition) is 2. The molecule has 0 aromatic rings. The Bertz CT molecular complexity index is 56.4. The van der Waals surface area contributed by atoms with Gasteiger partial charge in [-0.3, -0.25) is 0 Å². The summed E-state index contributed by atoms with van der Waals surface area (Å²) in [5, 5.41) is 17.4. The van der Waals surface area contributed by atoms with E-state index in [0.717, 1.165) is 0 Å². The molecule has 2 N–H and O–H groups in total. The summed E-state index contributed by atoms with van der Waals surface area (Å²) in [6.45, 7) is 1.54. The third-order valence-corrected chi connectivity index (χ3v) is 1.02. The summed E-state index contributed by atoms with van der Waals surface area (Å²) < 4.78 is 0. The SMILES string of the molecule is [B]CCC(O)C(C)O. The summed E-state index contributed by atoms with van der Waals surface area (Å²) in [5.74, 6) is 0. The van der Waals surface area contributed by atoms with Gasteiger partial charge < -0.3 is 10.2 Å². The lowest BCUT2D eigenvalue weighted by Gasteiger charge is -2.10. The summed E-state index contributed by atoms with van der Waals surface area (Å²) in [5.41, 5.74) is 0.